The second-order valence-electron chi connectivity index (χ2n) is 2.73. The number of hydrogen-bond donors (Lipinski definition) is 1. The van der Waals surface area contributed by atoms with Gasteiger partial charge in [0.15, 0.2) is 11.3 Å². The van der Waals surface area contributed by atoms with Gasteiger partial charge in [-0.3, -0.25) is 0 Å². The van der Waals surface area contributed by atoms with Crippen LogP contribution in [0.2, 0.25) is 0 Å². The number of nitrogen functional groups attached to an aromatic ring is 1. The van der Waals surface area contributed by atoms with Gasteiger partial charge in [0.25, 0.3) is 0 Å². The molecule has 0 spiro atoms. The van der Waals surface area contributed by atoms with Crippen LogP contribution < -0.4 is 5.73 Å². The first kappa shape index (κ1) is 7.55. The zero-order valence-electron chi connectivity index (χ0n) is 7.02. The van der Waals surface area contributed by atoms with Crippen LogP contribution in [0.25, 0.3) is 5.65 Å². The van der Waals surface area contributed by atoms with Gasteiger partial charge in [-0.2, -0.15) is 10.4 Å². The van der Waals surface area contributed by atoms with Gasteiger partial charge in [-0.15, -0.1) is 0 Å². The molecule has 5 heteroatoms. The SMILES string of the molecule is Cc1cc(N)c2ncc(C#N)n2n1. The Bertz CT molecular complexity index is 505. The number of aryl methyl sites for hydroxylation is 1. The maximum Gasteiger partial charge on any atom is 0.178 e. The molecule has 0 bridgehead atoms. The van der Waals surface area contributed by atoms with Gasteiger partial charge in [-0.05, 0) is 13.0 Å². The molecule has 0 aliphatic heterocycles. The summed E-state index contributed by atoms with van der Waals surface area (Å²) >= 11 is 0. The van der Waals surface area contributed by atoms with Crippen molar-refractivity contribution >= 4 is 11.3 Å². The normalized spacial score (nSPS) is 10.2. The van der Waals surface area contributed by atoms with E-state index in [2.05, 4.69) is 10.1 Å². The Hall–Kier alpha value is -2.09. The summed E-state index contributed by atoms with van der Waals surface area (Å²) in [6, 6.07) is 3.71. The van der Waals surface area contributed by atoms with E-state index >= 15 is 0 Å². The van der Waals surface area contributed by atoms with Crippen LogP contribution in [0, 0.1) is 18.3 Å². The van der Waals surface area contributed by atoms with Crippen molar-refractivity contribution in [2.75, 3.05) is 5.73 Å². The zero-order valence-corrected chi connectivity index (χ0v) is 7.02. The predicted octanol–water partition coefficient (Wildman–Crippen LogP) is 0.492. The Kier molecular flexibility index (Phi) is 1.43. The van der Waals surface area contributed by atoms with E-state index in [0.717, 1.165) is 5.69 Å². The molecule has 2 aromatic rings. The summed E-state index contributed by atoms with van der Waals surface area (Å²) in [4.78, 5) is 3.98. The van der Waals surface area contributed by atoms with E-state index in [4.69, 9.17) is 11.0 Å². The third-order valence-electron chi connectivity index (χ3n) is 1.73. The molecule has 2 aromatic heterocycles. The fourth-order valence-electron chi connectivity index (χ4n) is 1.20. The molecule has 0 saturated heterocycles. The minimum Gasteiger partial charge on any atom is -0.396 e. The second kappa shape index (κ2) is 2.45. The number of imidazole rings is 1. The first-order chi connectivity index (χ1) is 6.22. The highest BCUT2D eigenvalue weighted by molar-refractivity contribution is 5.65. The largest absolute Gasteiger partial charge is 0.396 e. The molecule has 2 rings (SSSR count). The molecule has 0 aliphatic carbocycles. The molecule has 0 amide bonds. The third-order valence-corrected chi connectivity index (χ3v) is 1.73. The van der Waals surface area contributed by atoms with Crippen molar-refractivity contribution in [2.45, 2.75) is 6.92 Å². The molecule has 2 N–H and O–H groups in total. The van der Waals surface area contributed by atoms with E-state index in [1.54, 1.807) is 6.07 Å². The second-order valence-corrected chi connectivity index (χ2v) is 2.73. The van der Waals surface area contributed by atoms with Crippen LogP contribution in [0.15, 0.2) is 12.3 Å². The van der Waals surface area contributed by atoms with E-state index in [1.165, 1.54) is 10.7 Å². The summed E-state index contributed by atoms with van der Waals surface area (Å²) in [5.41, 5.74) is 7.92. The van der Waals surface area contributed by atoms with Gasteiger partial charge in [-0.25, -0.2) is 9.50 Å². The van der Waals surface area contributed by atoms with Crippen molar-refractivity contribution in [1.29, 1.82) is 5.26 Å². The number of anilines is 1. The lowest BCUT2D eigenvalue weighted by Gasteiger charge is -1.98. The molecular formula is C8H7N5. The van der Waals surface area contributed by atoms with Gasteiger partial charge in [-0.1, -0.05) is 0 Å². The Morgan fingerprint density at radius 1 is 1.62 bits per heavy atom. The molecule has 0 atom stereocenters. The molecular weight excluding hydrogens is 166 g/mol. The van der Waals surface area contributed by atoms with Crippen LogP contribution in [0.3, 0.4) is 0 Å². The van der Waals surface area contributed by atoms with Crippen molar-refractivity contribution < 1.29 is 0 Å². The topological polar surface area (TPSA) is 80.0 Å². The first-order valence-corrected chi connectivity index (χ1v) is 3.73. The van der Waals surface area contributed by atoms with E-state index in [0.29, 0.717) is 17.0 Å². The smallest absolute Gasteiger partial charge is 0.178 e. The van der Waals surface area contributed by atoms with Crippen LogP contribution in [-0.4, -0.2) is 14.6 Å². The lowest BCUT2D eigenvalue weighted by atomic mass is 10.4. The van der Waals surface area contributed by atoms with Crippen LogP contribution in [0.5, 0.6) is 0 Å². The quantitative estimate of drug-likeness (QED) is 0.628. The van der Waals surface area contributed by atoms with Gasteiger partial charge >= 0.3 is 0 Å². The highest BCUT2D eigenvalue weighted by Gasteiger charge is 2.06. The Labute approximate surface area is 74.4 Å². The van der Waals surface area contributed by atoms with Gasteiger partial charge < -0.3 is 5.73 Å². The molecule has 13 heavy (non-hydrogen) atoms. The zero-order chi connectivity index (χ0) is 9.42. The van der Waals surface area contributed by atoms with Crippen LogP contribution in [-0.2, 0) is 0 Å². The fraction of sp³-hybridized carbons (Fsp3) is 0.125. The number of rotatable bonds is 0. The molecule has 0 radical (unpaired) electrons. The standard InChI is InChI=1S/C8H7N5/c1-5-2-7(10)8-11-4-6(3-9)13(8)12-5/h2,4H,10H2,1H3. The molecule has 0 aliphatic rings. The highest BCUT2D eigenvalue weighted by atomic mass is 15.3. The van der Waals surface area contributed by atoms with Crippen molar-refractivity contribution in [3.63, 3.8) is 0 Å². The van der Waals surface area contributed by atoms with Crippen LogP contribution in [0.4, 0.5) is 5.69 Å². The summed E-state index contributed by atoms with van der Waals surface area (Å²) in [5.74, 6) is 0. The van der Waals surface area contributed by atoms with Crippen molar-refractivity contribution in [2.24, 2.45) is 0 Å². The molecule has 0 aromatic carbocycles. The van der Waals surface area contributed by atoms with E-state index in [1.807, 2.05) is 13.0 Å². The van der Waals surface area contributed by atoms with Gasteiger partial charge in [0, 0.05) is 0 Å². The fourth-order valence-corrected chi connectivity index (χ4v) is 1.20. The number of nitrogens with two attached hydrogens (primary N) is 1. The van der Waals surface area contributed by atoms with Gasteiger partial charge in [0.05, 0.1) is 17.6 Å². The minimum atomic E-state index is 0.394. The number of aromatic nitrogens is 3. The molecule has 0 unspecified atom stereocenters. The third kappa shape index (κ3) is 0.999. The maximum absolute atomic E-state index is 8.71. The lowest BCUT2D eigenvalue weighted by Crippen LogP contribution is -2.00. The Morgan fingerprint density at radius 3 is 3.08 bits per heavy atom. The molecule has 5 nitrogen and oxygen atoms in total. The van der Waals surface area contributed by atoms with Gasteiger partial charge in [0.2, 0.25) is 0 Å². The number of nitriles is 1. The summed E-state index contributed by atoms with van der Waals surface area (Å²) in [5, 5.41) is 12.8. The predicted molar refractivity (Wildman–Crippen MR) is 46.9 cm³/mol. The van der Waals surface area contributed by atoms with Crippen molar-refractivity contribution in [3.8, 4) is 6.07 Å². The lowest BCUT2D eigenvalue weighted by molar-refractivity contribution is 0.890. The molecule has 64 valence electrons. The van der Waals surface area contributed by atoms with Gasteiger partial charge in [0.1, 0.15) is 6.07 Å². The average Bonchev–Trinajstić information content (AvgIpc) is 2.47. The summed E-state index contributed by atoms with van der Waals surface area (Å²) < 4.78 is 1.45. The van der Waals surface area contributed by atoms with E-state index < -0.39 is 0 Å². The monoisotopic (exact) mass is 173 g/mol. The Balaban J connectivity index is 2.92. The molecule has 0 saturated carbocycles. The average molecular weight is 173 g/mol. The first-order valence-electron chi connectivity index (χ1n) is 3.73. The number of nitrogens with zero attached hydrogens (tertiary/aromatic N) is 4. The van der Waals surface area contributed by atoms with Crippen LogP contribution >= 0.6 is 0 Å². The summed E-state index contributed by atoms with van der Waals surface area (Å²) in [7, 11) is 0. The van der Waals surface area contributed by atoms with Crippen molar-refractivity contribution in [1.82, 2.24) is 14.6 Å². The summed E-state index contributed by atoms with van der Waals surface area (Å²) in [6.07, 6.45) is 1.46. The number of hydrogen-bond acceptors (Lipinski definition) is 4. The van der Waals surface area contributed by atoms with E-state index in [-0.39, 0.29) is 0 Å². The maximum atomic E-state index is 8.71. The summed E-state index contributed by atoms with van der Waals surface area (Å²) in [6.45, 7) is 1.82. The molecule has 0 fully saturated rings. The van der Waals surface area contributed by atoms with E-state index in [9.17, 15) is 0 Å². The highest BCUT2D eigenvalue weighted by Crippen LogP contribution is 2.12. The number of fused-ring (bicyclic) bond motifs is 1. The Morgan fingerprint density at radius 2 is 2.38 bits per heavy atom. The minimum absolute atomic E-state index is 0.394. The van der Waals surface area contributed by atoms with Crippen LogP contribution in [0.1, 0.15) is 11.4 Å². The van der Waals surface area contributed by atoms with Crippen molar-refractivity contribution in [3.05, 3.63) is 23.7 Å². The molecule has 2 heterocycles.